The molecule has 1 aliphatic carbocycles. The van der Waals surface area contributed by atoms with Crippen LogP contribution in [0.25, 0.3) is 22.4 Å². The molecule has 376 valence electrons. The third kappa shape index (κ3) is 10.5. The highest BCUT2D eigenvalue weighted by Crippen LogP contribution is 2.56. The van der Waals surface area contributed by atoms with Crippen molar-refractivity contribution in [2.45, 2.75) is 109 Å². The average Bonchev–Trinajstić information content (AvgIpc) is 4.16. The van der Waals surface area contributed by atoms with E-state index < -0.39 is 53.9 Å². The molecule has 3 aliphatic rings. The number of benzene rings is 3. The molecule has 3 aromatic carbocycles. The molecule has 70 heavy (non-hydrogen) atoms. The van der Waals surface area contributed by atoms with Gasteiger partial charge in [0.2, 0.25) is 5.91 Å². The lowest BCUT2D eigenvalue weighted by molar-refractivity contribution is -0.136. The number of unbranched alkanes of at least 4 members (excludes halogenated alkanes) is 2. The number of alkyl carbamates (subject to hydrolysis) is 1. The predicted molar refractivity (Wildman–Crippen MR) is 264 cm³/mol. The van der Waals surface area contributed by atoms with Gasteiger partial charge in [0.15, 0.2) is 0 Å². The zero-order valence-electron chi connectivity index (χ0n) is 41.4. The standard InChI is InChI=1S/C53H69N7O10/c1-8-10-21-53(22-11-9-2)40-25-36(42-27-54-47(55-42)43-23-33(30-68-5)28-58(43)48(61)45(32(3)4)56-50(63)64)17-19-38(40)39-20-18-37(26-41(39)53)60(52(66)67)44-24-34(31-69-6)29-59(44)49(62)46(57-51(65)70-7)35-15-13-12-14-16-35/h12-20,25-27,32-34,43-46,56H,8-11,21-24,28-31H2,1-7H3,(H,54,55)(H,57,65)(H,63,64)(H,66,67)/t33-,34-,43-,44-,45-,46+/m0/s1. The predicted octanol–water partition coefficient (Wildman–Crippen LogP) is 8.95. The summed E-state index contributed by atoms with van der Waals surface area (Å²) in [6, 6.07) is 18.6. The maximum Gasteiger partial charge on any atom is 0.413 e. The minimum Gasteiger partial charge on any atom is -0.465 e. The topological polar surface area (TPSA) is 216 Å². The number of amides is 5. The number of carbonyl (C=O) groups excluding carboxylic acids is 3. The van der Waals surface area contributed by atoms with Crippen LogP contribution in [0.2, 0.25) is 0 Å². The smallest absolute Gasteiger partial charge is 0.413 e. The van der Waals surface area contributed by atoms with E-state index in [1.807, 2.05) is 38.1 Å². The van der Waals surface area contributed by atoms with Gasteiger partial charge in [0.05, 0.1) is 38.3 Å². The Labute approximate surface area is 410 Å². The molecule has 0 radical (unpaired) electrons. The number of hydrogen-bond acceptors (Lipinski definition) is 9. The van der Waals surface area contributed by atoms with Crippen LogP contribution in [0.3, 0.4) is 0 Å². The Hall–Kier alpha value is -6.46. The molecule has 0 unspecified atom stereocenters. The second-order valence-electron chi connectivity index (χ2n) is 19.4. The Morgan fingerprint density at radius 2 is 1.44 bits per heavy atom. The fourth-order valence-electron chi connectivity index (χ4n) is 11.1. The number of carbonyl (C=O) groups is 5. The van der Waals surface area contributed by atoms with E-state index in [4.69, 9.17) is 19.2 Å². The van der Waals surface area contributed by atoms with E-state index in [1.54, 1.807) is 54.5 Å². The van der Waals surface area contributed by atoms with Crippen molar-refractivity contribution in [1.82, 2.24) is 30.4 Å². The molecule has 4 aromatic rings. The van der Waals surface area contributed by atoms with Crippen molar-refractivity contribution in [2.24, 2.45) is 17.8 Å². The number of hydrogen-bond donors (Lipinski definition) is 5. The molecule has 0 spiro atoms. The van der Waals surface area contributed by atoms with Gasteiger partial charge in [-0.1, -0.05) is 102 Å². The number of nitrogens with one attached hydrogen (secondary N) is 3. The van der Waals surface area contributed by atoms with E-state index in [0.29, 0.717) is 49.7 Å². The molecule has 6 atom stereocenters. The first kappa shape index (κ1) is 51.4. The lowest BCUT2D eigenvalue weighted by Gasteiger charge is -2.36. The Morgan fingerprint density at radius 3 is 2.04 bits per heavy atom. The lowest BCUT2D eigenvalue weighted by atomic mass is 9.70. The SMILES string of the molecule is CCCCC1(CCCC)c2cc(-c3cnc([C@@H]4C[C@H](COC)CN4C(=O)[C@@H](NC(=O)O)C(C)C)[nH]3)ccc2-c2ccc(N(C(=O)O)[C@H]3C[C@H](COC)CN3C(=O)[C@H](NC(=O)OC)c3ccccc3)cc21. The summed E-state index contributed by atoms with van der Waals surface area (Å²) in [5, 5.41) is 25.9. The molecular weight excluding hydrogens is 895 g/mol. The number of aromatic nitrogens is 2. The number of imidazole rings is 1. The van der Waals surface area contributed by atoms with Gasteiger partial charge >= 0.3 is 18.3 Å². The van der Waals surface area contributed by atoms with Gasteiger partial charge in [-0.15, -0.1) is 0 Å². The van der Waals surface area contributed by atoms with Gasteiger partial charge in [-0.2, -0.15) is 0 Å². The van der Waals surface area contributed by atoms with Gasteiger partial charge < -0.3 is 49.8 Å². The van der Waals surface area contributed by atoms with Crippen LogP contribution < -0.4 is 15.5 Å². The zero-order valence-corrected chi connectivity index (χ0v) is 41.4. The number of anilines is 1. The van der Waals surface area contributed by atoms with Crippen molar-refractivity contribution in [2.75, 3.05) is 52.5 Å². The van der Waals surface area contributed by atoms with E-state index >= 15 is 0 Å². The quantitative estimate of drug-likeness (QED) is 0.0563. The number of H-pyrrole nitrogens is 1. The highest BCUT2D eigenvalue weighted by molar-refractivity contribution is 5.93. The van der Waals surface area contributed by atoms with Crippen molar-refractivity contribution in [3.8, 4) is 22.4 Å². The minimum atomic E-state index is -1.26. The molecule has 5 N–H and O–H groups in total. The number of likely N-dealkylation sites (tertiary alicyclic amines) is 2. The van der Waals surface area contributed by atoms with Crippen LogP contribution in [-0.2, 0) is 29.2 Å². The Kier molecular flexibility index (Phi) is 16.5. The first-order valence-electron chi connectivity index (χ1n) is 24.5. The number of rotatable bonds is 20. The molecule has 2 fully saturated rings. The fraction of sp³-hybridized carbons (Fsp3) is 0.509. The van der Waals surface area contributed by atoms with E-state index in [9.17, 15) is 34.2 Å². The normalized spacial score (nSPS) is 19.9. The Balaban J connectivity index is 1.27. The molecule has 2 saturated heterocycles. The Bertz CT molecular complexity index is 2490. The fourth-order valence-corrected chi connectivity index (χ4v) is 11.1. The molecule has 17 heteroatoms. The number of methoxy groups -OCH3 is 3. The van der Waals surface area contributed by atoms with Gasteiger partial charge in [-0.3, -0.25) is 14.5 Å². The first-order chi connectivity index (χ1) is 33.7. The molecule has 5 amide bonds. The third-order valence-corrected chi connectivity index (χ3v) is 14.4. The van der Waals surface area contributed by atoms with Gasteiger partial charge in [-0.25, -0.2) is 19.4 Å². The summed E-state index contributed by atoms with van der Waals surface area (Å²) in [4.78, 5) is 79.9. The molecule has 1 aromatic heterocycles. The zero-order chi connectivity index (χ0) is 50.3. The average molecular weight is 964 g/mol. The maximum atomic E-state index is 14.7. The number of nitrogens with zero attached hydrogens (tertiary/aromatic N) is 4. The summed E-state index contributed by atoms with van der Waals surface area (Å²) in [6.07, 6.45) is 3.90. The van der Waals surface area contributed by atoms with Crippen molar-refractivity contribution < 1.29 is 48.4 Å². The van der Waals surface area contributed by atoms with Crippen LogP contribution in [0.1, 0.15) is 114 Å². The van der Waals surface area contributed by atoms with Gasteiger partial charge in [0, 0.05) is 50.2 Å². The molecule has 3 heterocycles. The van der Waals surface area contributed by atoms with Crippen molar-refractivity contribution >= 4 is 35.8 Å². The summed E-state index contributed by atoms with van der Waals surface area (Å²) < 4.78 is 16.0. The molecular formula is C53H69N7O10. The van der Waals surface area contributed by atoms with Crippen LogP contribution >= 0.6 is 0 Å². The molecule has 0 bridgehead atoms. The van der Waals surface area contributed by atoms with Gasteiger partial charge in [-0.05, 0) is 83.2 Å². The lowest BCUT2D eigenvalue weighted by Crippen LogP contribution is -2.53. The molecule has 2 aliphatic heterocycles. The number of ether oxygens (including phenoxy) is 3. The number of carboxylic acid groups (broad SMARTS) is 2. The third-order valence-electron chi connectivity index (χ3n) is 14.4. The second-order valence-corrected chi connectivity index (χ2v) is 19.4. The number of fused-ring (bicyclic) bond motifs is 3. The first-order valence-corrected chi connectivity index (χ1v) is 24.5. The van der Waals surface area contributed by atoms with Crippen LogP contribution in [0.15, 0.2) is 72.9 Å². The van der Waals surface area contributed by atoms with Gasteiger partial charge in [0.25, 0.3) is 5.91 Å². The highest BCUT2D eigenvalue weighted by Gasteiger charge is 2.47. The van der Waals surface area contributed by atoms with Crippen molar-refractivity contribution in [1.29, 1.82) is 0 Å². The summed E-state index contributed by atoms with van der Waals surface area (Å²) in [7, 11) is 4.44. The Morgan fingerprint density at radius 1 is 0.814 bits per heavy atom. The number of aromatic amines is 1. The van der Waals surface area contributed by atoms with Crippen molar-refractivity contribution in [3.63, 3.8) is 0 Å². The van der Waals surface area contributed by atoms with Gasteiger partial charge in [0.1, 0.15) is 24.1 Å². The monoisotopic (exact) mass is 964 g/mol. The summed E-state index contributed by atoms with van der Waals surface area (Å²) >= 11 is 0. The summed E-state index contributed by atoms with van der Waals surface area (Å²) in [6.45, 7) is 9.33. The van der Waals surface area contributed by atoms with Crippen LogP contribution in [0, 0.1) is 17.8 Å². The second kappa shape index (κ2) is 22.5. The van der Waals surface area contributed by atoms with E-state index in [2.05, 4.69) is 47.7 Å². The maximum absolute atomic E-state index is 14.7. The van der Waals surface area contributed by atoms with E-state index in [0.717, 1.165) is 72.0 Å². The van der Waals surface area contributed by atoms with Crippen molar-refractivity contribution in [3.05, 3.63) is 95.4 Å². The highest BCUT2D eigenvalue weighted by atomic mass is 16.5. The molecule has 17 nitrogen and oxygen atoms in total. The minimum absolute atomic E-state index is 0.0297. The van der Waals surface area contributed by atoms with E-state index in [1.165, 1.54) is 12.0 Å². The van der Waals surface area contributed by atoms with E-state index in [-0.39, 0.29) is 30.2 Å². The summed E-state index contributed by atoms with van der Waals surface area (Å²) in [5.41, 5.74) is 6.44. The molecule has 0 saturated carbocycles. The largest absolute Gasteiger partial charge is 0.465 e. The summed E-state index contributed by atoms with van der Waals surface area (Å²) in [5.74, 6) is -0.594. The van der Waals surface area contributed by atoms with Crippen LogP contribution in [0.4, 0.5) is 20.1 Å². The van der Waals surface area contributed by atoms with Crippen LogP contribution in [-0.4, -0.2) is 120 Å². The van der Waals surface area contributed by atoms with Crippen LogP contribution in [0.5, 0.6) is 0 Å². The molecule has 7 rings (SSSR count).